The van der Waals surface area contributed by atoms with Crippen LogP contribution in [0.5, 0.6) is 0 Å². The quantitative estimate of drug-likeness (QED) is 0.185. The molecule has 4 N–H and O–H groups in total. The summed E-state index contributed by atoms with van der Waals surface area (Å²) in [5.41, 5.74) is 6.03. The monoisotopic (exact) mass is 609 g/mol. The van der Waals surface area contributed by atoms with Gasteiger partial charge in [-0.25, -0.2) is 15.0 Å². The topological polar surface area (TPSA) is 264 Å². The number of aromatic nitrogens is 4. The van der Waals surface area contributed by atoms with Crippen LogP contribution >= 0.6 is 21.9 Å². The fourth-order valence-corrected chi connectivity index (χ4v) is 7.97. The fourth-order valence-electron chi connectivity index (χ4n) is 2.77. The number of ether oxygens (including phenoxy) is 1. The summed E-state index contributed by atoms with van der Waals surface area (Å²) in [5.74, 6) is -1.75. The van der Waals surface area contributed by atoms with Crippen LogP contribution in [0.1, 0.15) is 6.23 Å². The molecule has 0 amide bonds. The van der Waals surface area contributed by atoms with Crippen molar-refractivity contribution in [1.82, 2.24) is 19.5 Å². The maximum Gasteiger partial charge on any atom is 1.00 e. The number of hydrogen-bond acceptors (Lipinski definition) is 16. The van der Waals surface area contributed by atoms with E-state index in [1.807, 2.05) is 0 Å². The van der Waals surface area contributed by atoms with E-state index in [-0.39, 0.29) is 135 Å². The van der Waals surface area contributed by atoms with Crippen LogP contribution < -0.4 is 144 Å². The molecule has 2 aromatic heterocycles. The van der Waals surface area contributed by atoms with Gasteiger partial charge in [-0.2, -0.15) is 0 Å². The molecule has 6 atom stereocenters. The van der Waals surface area contributed by atoms with Crippen LogP contribution in [-0.2, 0) is 34.5 Å². The first-order chi connectivity index (χ1) is 14.2. The maximum absolute atomic E-state index is 11.9. The van der Waals surface area contributed by atoms with E-state index in [1.165, 1.54) is 10.9 Å². The molecule has 35 heavy (non-hydrogen) atoms. The summed E-state index contributed by atoms with van der Waals surface area (Å²) in [6.45, 7) is -6.08. The van der Waals surface area contributed by atoms with E-state index in [4.69, 9.17) is 10.5 Å². The summed E-state index contributed by atoms with van der Waals surface area (Å²) in [5, 5.41) is 20.4. The zero-order valence-corrected chi connectivity index (χ0v) is 30.6. The Labute approximate surface area is 292 Å². The van der Waals surface area contributed by atoms with Crippen molar-refractivity contribution in [3.05, 3.63) is 12.7 Å². The van der Waals surface area contributed by atoms with Gasteiger partial charge >= 0.3 is 118 Å². The Balaban J connectivity index is 0. The molecule has 3 rings (SSSR count). The number of nitrogens with zero attached hydrogens (tertiary/aromatic N) is 4. The van der Waals surface area contributed by atoms with E-state index in [0.29, 0.717) is 0 Å². The smallest absolute Gasteiger partial charge is 0.812 e. The van der Waals surface area contributed by atoms with Gasteiger partial charge < -0.3 is 58.2 Å². The number of imidazole rings is 1. The van der Waals surface area contributed by atoms with E-state index in [2.05, 4.69) is 35.6 Å². The zero-order valence-electron chi connectivity index (χ0n) is 19.1. The second kappa shape index (κ2) is 15.9. The molecular weight excluding hydrogens is 595 g/mol. The number of aliphatic hydroxyl groups excluding tert-OH is 2. The number of nitrogen functional groups attached to an aromatic ring is 1. The van der Waals surface area contributed by atoms with Gasteiger partial charge in [-0.1, -0.05) is 6.72 Å². The minimum atomic E-state index is -5.43. The largest absolute Gasteiger partial charge is 1.00 e. The van der Waals surface area contributed by atoms with Crippen molar-refractivity contribution in [3.8, 4) is 0 Å². The Morgan fingerprint density at radius 2 is 1.66 bits per heavy atom. The van der Waals surface area contributed by atoms with Gasteiger partial charge in [0.1, 0.15) is 45.3 Å². The van der Waals surface area contributed by atoms with Crippen LogP contribution in [-0.4, -0.2) is 60.6 Å². The second-order valence-corrected chi connectivity index (χ2v) is 13.0. The molecule has 0 aliphatic carbocycles. The third-order valence-electron chi connectivity index (χ3n) is 4.00. The Morgan fingerprint density at radius 1 is 1.06 bits per heavy atom. The normalized spacial score (nSPS) is 25.2. The molecule has 1 aliphatic heterocycles. The van der Waals surface area contributed by atoms with Crippen LogP contribution in [0.25, 0.3) is 11.2 Å². The van der Waals surface area contributed by atoms with Crippen LogP contribution in [0, 0.1) is 0 Å². The molecule has 0 spiro atoms. The van der Waals surface area contributed by atoms with Gasteiger partial charge in [0.2, 0.25) is 0 Å². The van der Waals surface area contributed by atoms with Gasteiger partial charge in [-0.3, -0.25) is 4.57 Å². The van der Waals surface area contributed by atoms with Gasteiger partial charge in [0, 0.05) is 0 Å². The average molecular weight is 609 g/mol. The van der Waals surface area contributed by atoms with Crippen LogP contribution in [0.3, 0.4) is 0 Å². The molecule has 2 aromatic rings. The molecule has 174 valence electrons. The Hall–Kier alpha value is 3.10. The van der Waals surface area contributed by atoms with Crippen molar-refractivity contribution < 1.29 is 171 Å². The number of aliphatic hydroxyl groups is 2. The number of nitrogens with two attached hydrogens (primary N) is 1. The Bertz CT molecular complexity index is 1130. The van der Waals surface area contributed by atoms with Crippen LogP contribution in [0.15, 0.2) is 12.7 Å². The third kappa shape index (κ3) is 11.1. The maximum atomic E-state index is 11.9. The minimum Gasteiger partial charge on any atom is -0.812 e. The molecule has 1 saturated heterocycles. The van der Waals surface area contributed by atoms with Gasteiger partial charge in [-0.05, 0) is 0 Å². The molecule has 1 fully saturated rings. The van der Waals surface area contributed by atoms with Gasteiger partial charge in [0.05, 0.1) is 18.8 Å². The van der Waals surface area contributed by atoms with Gasteiger partial charge in [0.15, 0.2) is 17.7 Å². The summed E-state index contributed by atoms with van der Waals surface area (Å²) in [6.07, 6.45) is -3.57. The first-order valence-corrected chi connectivity index (χ1v) is 14.1. The molecule has 3 heterocycles. The predicted octanol–water partition coefficient (Wildman–Crippen LogP) is -15.9. The van der Waals surface area contributed by atoms with E-state index in [1.54, 1.807) is 0 Å². The summed E-state index contributed by atoms with van der Waals surface area (Å²) in [4.78, 5) is 56.6. The number of fused-ring (bicyclic) bond motifs is 1. The van der Waals surface area contributed by atoms with E-state index in [9.17, 15) is 38.9 Å². The molecule has 16 nitrogen and oxygen atoms in total. The molecule has 0 bridgehead atoms. The number of anilines is 1. The van der Waals surface area contributed by atoms with E-state index >= 15 is 0 Å². The van der Waals surface area contributed by atoms with Crippen molar-refractivity contribution in [2.24, 2.45) is 0 Å². The third-order valence-corrected chi connectivity index (χ3v) is 9.71. The molecular formula is C11H14N5Na4O11P3S. The van der Waals surface area contributed by atoms with Crippen molar-refractivity contribution in [2.75, 3.05) is 18.2 Å². The standard InChI is InChI=1S/C11H18N5O11P3S.4Na/c12-9-6-10(14-2-13-9)16(3-15-6)11-8(18)7(17)5(26-11)1-25-28(19,20)4-29(21,22)27-30(23,24)31;;;;/h2-3,5,7-8,11,17-18H,1,4H2,(H,19,20)(H,21,22)(H2,12,13,14)(H2,23,24,31);;;;/q;4*+1/p-4/t5-,7-,8-,11-;;;;/m1..../s1. The second-order valence-electron chi connectivity index (χ2n) is 6.32. The Kier molecular flexibility index (Phi) is 18.3. The first-order valence-electron chi connectivity index (χ1n) is 8.12. The summed E-state index contributed by atoms with van der Waals surface area (Å²) in [7, 11) is -10.6. The molecule has 0 aromatic carbocycles. The predicted molar refractivity (Wildman–Crippen MR) is 97.1 cm³/mol. The van der Waals surface area contributed by atoms with Crippen molar-refractivity contribution >= 4 is 50.7 Å². The SMILES string of the molecule is Nc1ncnc2c1ncn2[C@@H]1O[C@H](COP(=O)([O-])CP(=O)([O-])OP([O-])([O-])=S)[C@@H](O)[C@H]1O.[Na+].[Na+].[Na+].[Na+]. The average Bonchev–Trinajstić information content (AvgIpc) is 3.13. The minimum absolute atomic E-state index is 0. The van der Waals surface area contributed by atoms with Crippen molar-refractivity contribution in [2.45, 2.75) is 24.5 Å². The molecule has 0 saturated carbocycles. The fraction of sp³-hybridized carbons (Fsp3) is 0.545. The van der Waals surface area contributed by atoms with Crippen LogP contribution in [0.2, 0.25) is 0 Å². The summed E-state index contributed by atoms with van der Waals surface area (Å²) < 4.78 is 38.1. The number of hydrogen-bond donors (Lipinski definition) is 3. The van der Waals surface area contributed by atoms with Crippen molar-refractivity contribution in [1.29, 1.82) is 0 Å². The van der Waals surface area contributed by atoms with E-state index in [0.717, 1.165) is 6.33 Å². The van der Waals surface area contributed by atoms with E-state index < -0.39 is 59.0 Å². The molecule has 24 heteroatoms. The van der Waals surface area contributed by atoms with Gasteiger partial charge in [0.25, 0.3) is 0 Å². The number of rotatable bonds is 8. The van der Waals surface area contributed by atoms with Crippen LogP contribution in [0.4, 0.5) is 5.82 Å². The zero-order chi connectivity index (χ0) is 23.2. The molecule has 1 aliphatic rings. The summed E-state index contributed by atoms with van der Waals surface area (Å²) in [6, 6.07) is 0. The molecule has 2 unspecified atom stereocenters. The Morgan fingerprint density at radius 3 is 2.23 bits per heavy atom. The first kappa shape index (κ1) is 40.2. The van der Waals surface area contributed by atoms with Crippen molar-refractivity contribution in [3.63, 3.8) is 0 Å². The summed E-state index contributed by atoms with van der Waals surface area (Å²) >= 11 is 3.76. The van der Waals surface area contributed by atoms with Gasteiger partial charge in [-0.15, -0.1) is 11.8 Å². The molecule has 0 radical (unpaired) electrons.